The van der Waals surface area contributed by atoms with E-state index in [1.807, 2.05) is 24.3 Å². The number of hydrogen-bond donors (Lipinski definition) is 1. The first-order valence-electron chi connectivity index (χ1n) is 6.93. The second-order valence-electron chi connectivity index (χ2n) is 5.05. The summed E-state index contributed by atoms with van der Waals surface area (Å²) in [5.74, 6) is -0.437. The predicted octanol–water partition coefficient (Wildman–Crippen LogP) is 5.36. The third-order valence-corrected chi connectivity index (χ3v) is 5.54. The minimum atomic E-state index is -3.01. The van der Waals surface area contributed by atoms with Crippen molar-refractivity contribution in [3.63, 3.8) is 0 Å². The van der Waals surface area contributed by atoms with E-state index in [1.54, 1.807) is 0 Å². The van der Waals surface area contributed by atoms with Crippen LogP contribution < -0.4 is 10.1 Å². The van der Waals surface area contributed by atoms with Crippen LogP contribution in [0.1, 0.15) is 5.56 Å². The fraction of sp³-hybridized carbons (Fsp3) is 0.188. The van der Waals surface area contributed by atoms with Gasteiger partial charge in [-0.05, 0) is 46.1 Å². The number of nitrogens with one attached hydrogen (secondary N) is 1. The molecule has 3 nitrogen and oxygen atoms in total. The summed E-state index contributed by atoms with van der Waals surface area (Å²) in [7, 11) is 0. The van der Waals surface area contributed by atoms with Crippen molar-refractivity contribution in [1.29, 1.82) is 0 Å². The number of rotatable bonds is 4. The number of benzene rings is 2. The highest BCUT2D eigenvalue weighted by atomic mass is 79.9. The SMILES string of the molecule is O=C(Nc1cc(Cl)cc(Br)c1OC(F)F)C1Cc2ccccc2S1. The first-order valence-corrected chi connectivity index (χ1v) is 8.98. The lowest BCUT2D eigenvalue weighted by atomic mass is 10.1. The number of carbonyl (C=O) groups is 1. The van der Waals surface area contributed by atoms with Gasteiger partial charge in [-0.2, -0.15) is 8.78 Å². The fourth-order valence-corrected chi connectivity index (χ4v) is 4.50. The van der Waals surface area contributed by atoms with Crippen LogP contribution in [0.3, 0.4) is 0 Å². The molecule has 24 heavy (non-hydrogen) atoms. The summed E-state index contributed by atoms with van der Waals surface area (Å²) in [5.41, 5.74) is 1.20. The van der Waals surface area contributed by atoms with Crippen LogP contribution >= 0.6 is 39.3 Å². The van der Waals surface area contributed by atoms with Crippen LogP contribution in [0.4, 0.5) is 14.5 Å². The largest absolute Gasteiger partial charge is 0.431 e. The third-order valence-electron chi connectivity index (χ3n) is 3.41. The number of halogens is 4. The van der Waals surface area contributed by atoms with Gasteiger partial charge < -0.3 is 10.1 Å². The van der Waals surface area contributed by atoms with Crippen LogP contribution in [0.5, 0.6) is 5.75 Å². The molecular weight excluding hydrogens is 424 g/mol. The van der Waals surface area contributed by atoms with Crippen LogP contribution in [-0.4, -0.2) is 17.8 Å². The third kappa shape index (κ3) is 3.84. The van der Waals surface area contributed by atoms with Gasteiger partial charge in [-0.3, -0.25) is 4.79 Å². The van der Waals surface area contributed by atoms with Gasteiger partial charge in [0.15, 0.2) is 5.75 Å². The van der Waals surface area contributed by atoms with Crippen molar-refractivity contribution in [3.05, 3.63) is 51.5 Å². The summed E-state index contributed by atoms with van der Waals surface area (Å²) < 4.78 is 30.0. The minimum absolute atomic E-state index is 0.108. The van der Waals surface area contributed by atoms with E-state index in [2.05, 4.69) is 26.0 Å². The Bertz CT molecular complexity index is 766. The maximum absolute atomic E-state index is 12.6. The van der Waals surface area contributed by atoms with E-state index >= 15 is 0 Å². The molecule has 0 saturated carbocycles. The standard InChI is InChI=1S/C16H11BrClF2NO2S/c17-10-6-9(18)7-11(14(10)23-16(19)20)21-15(22)13-5-8-3-1-2-4-12(8)24-13/h1-4,6-7,13,16H,5H2,(H,21,22). The number of fused-ring (bicyclic) bond motifs is 1. The molecule has 0 radical (unpaired) electrons. The molecule has 0 aliphatic carbocycles. The summed E-state index contributed by atoms with van der Waals surface area (Å²) in [6, 6.07) is 10.6. The normalized spacial score (nSPS) is 16.1. The van der Waals surface area contributed by atoms with Crippen LogP contribution in [-0.2, 0) is 11.2 Å². The second-order valence-corrected chi connectivity index (χ2v) is 7.59. The molecule has 1 unspecified atom stereocenters. The quantitative estimate of drug-likeness (QED) is 0.704. The molecule has 8 heteroatoms. The topological polar surface area (TPSA) is 38.3 Å². The van der Waals surface area contributed by atoms with Crippen LogP contribution in [0, 0.1) is 0 Å². The van der Waals surface area contributed by atoms with E-state index < -0.39 is 6.61 Å². The summed E-state index contributed by atoms with van der Waals surface area (Å²) in [6.45, 7) is -3.01. The summed E-state index contributed by atoms with van der Waals surface area (Å²) in [5, 5.41) is 2.60. The number of anilines is 1. The van der Waals surface area contributed by atoms with E-state index in [-0.39, 0.29) is 27.1 Å². The maximum atomic E-state index is 12.6. The van der Waals surface area contributed by atoms with E-state index in [1.165, 1.54) is 23.9 Å². The zero-order chi connectivity index (χ0) is 17.3. The monoisotopic (exact) mass is 433 g/mol. The van der Waals surface area contributed by atoms with Crippen LogP contribution in [0.15, 0.2) is 45.8 Å². The maximum Gasteiger partial charge on any atom is 0.387 e. The Morgan fingerprint density at radius 3 is 2.83 bits per heavy atom. The average molecular weight is 435 g/mol. The van der Waals surface area contributed by atoms with E-state index in [4.69, 9.17) is 11.6 Å². The molecule has 0 aromatic heterocycles. The molecule has 1 atom stereocenters. The number of ether oxygens (including phenoxy) is 1. The highest BCUT2D eigenvalue weighted by Gasteiger charge is 2.29. The lowest BCUT2D eigenvalue weighted by molar-refractivity contribution is -0.115. The summed E-state index contributed by atoms with van der Waals surface area (Å²) >= 11 is 10.5. The first-order chi connectivity index (χ1) is 11.4. The Kier molecular flexibility index (Phi) is 5.32. The van der Waals surface area contributed by atoms with Gasteiger partial charge in [0.1, 0.15) is 0 Å². The fourth-order valence-electron chi connectivity index (χ4n) is 2.40. The molecule has 0 spiro atoms. The van der Waals surface area contributed by atoms with E-state index in [0.29, 0.717) is 11.4 Å². The van der Waals surface area contributed by atoms with Crippen molar-refractivity contribution < 1.29 is 18.3 Å². The minimum Gasteiger partial charge on any atom is -0.431 e. The molecule has 2 aromatic carbocycles. The van der Waals surface area contributed by atoms with Gasteiger partial charge >= 0.3 is 6.61 Å². The molecule has 1 N–H and O–H groups in total. The van der Waals surface area contributed by atoms with Gasteiger partial charge in [0, 0.05) is 9.92 Å². The highest BCUT2D eigenvalue weighted by molar-refractivity contribution is 9.10. The average Bonchev–Trinajstić information content (AvgIpc) is 2.94. The number of hydrogen-bond acceptors (Lipinski definition) is 3. The van der Waals surface area contributed by atoms with Crippen molar-refractivity contribution in [2.24, 2.45) is 0 Å². The first kappa shape index (κ1) is 17.5. The molecule has 3 rings (SSSR count). The molecule has 0 fully saturated rings. The van der Waals surface area contributed by atoms with Crippen molar-refractivity contribution in [2.75, 3.05) is 5.32 Å². The molecule has 1 heterocycles. The van der Waals surface area contributed by atoms with Crippen molar-refractivity contribution >= 4 is 50.9 Å². The Morgan fingerprint density at radius 1 is 1.38 bits per heavy atom. The van der Waals surface area contributed by atoms with Crippen molar-refractivity contribution in [3.8, 4) is 5.75 Å². The molecule has 2 aromatic rings. The highest BCUT2D eigenvalue weighted by Crippen LogP contribution is 2.40. The van der Waals surface area contributed by atoms with Gasteiger partial charge in [-0.15, -0.1) is 11.8 Å². The molecule has 0 saturated heterocycles. The van der Waals surface area contributed by atoms with Gasteiger partial charge in [-0.1, -0.05) is 29.8 Å². The second kappa shape index (κ2) is 7.29. The lowest BCUT2D eigenvalue weighted by Crippen LogP contribution is -2.25. The van der Waals surface area contributed by atoms with E-state index in [9.17, 15) is 13.6 Å². The summed E-state index contributed by atoms with van der Waals surface area (Å²) in [6.07, 6.45) is 0.583. The van der Waals surface area contributed by atoms with Gasteiger partial charge in [0.25, 0.3) is 0 Å². The number of alkyl halides is 2. The van der Waals surface area contributed by atoms with Gasteiger partial charge in [0.2, 0.25) is 5.91 Å². The zero-order valence-corrected chi connectivity index (χ0v) is 15.2. The number of amides is 1. The van der Waals surface area contributed by atoms with Gasteiger partial charge in [0.05, 0.1) is 15.4 Å². The van der Waals surface area contributed by atoms with Crippen LogP contribution in [0.2, 0.25) is 5.02 Å². The van der Waals surface area contributed by atoms with Gasteiger partial charge in [-0.25, -0.2) is 0 Å². The van der Waals surface area contributed by atoms with Crippen molar-refractivity contribution in [1.82, 2.24) is 0 Å². The molecule has 0 bridgehead atoms. The number of thioether (sulfide) groups is 1. The molecule has 1 aliphatic heterocycles. The van der Waals surface area contributed by atoms with Crippen molar-refractivity contribution in [2.45, 2.75) is 23.2 Å². The Hall–Kier alpha value is -1.31. The molecular formula is C16H11BrClF2NO2S. The van der Waals surface area contributed by atoms with Crippen LogP contribution in [0.25, 0.3) is 0 Å². The predicted molar refractivity (Wildman–Crippen MR) is 94.2 cm³/mol. The smallest absolute Gasteiger partial charge is 0.387 e. The Labute approximate surface area is 154 Å². The molecule has 1 aliphatic rings. The zero-order valence-electron chi connectivity index (χ0n) is 12.1. The molecule has 1 amide bonds. The summed E-state index contributed by atoms with van der Waals surface area (Å²) in [4.78, 5) is 13.6. The lowest BCUT2D eigenvalue weighted by Gasteiger charge is -2.16. The van der Waals surface area contributed by atoms with E-state index in [0.717, 1.165) is 10.5 Å². The Balaban J connectivity index is 1.80. The Morgan fingerprint density at radius 2 is 2.12 bits per heavy atom. The molecule has 126 valence electrons. The number of carbonyl (C=O) groups excluding carboxylic acids is 1.